The van der Waals surface area contributed by atoms with E-state index in [9.17, 15) is 39.3 Å². The summed E-state index contributed by atoms with van der Waals surface area (Å²) < 4.78 is 0. The molecule has 2 aromatic rings. The van der Waals surface area contributed by atoms with Gasteiger partial charge in [-0.2, -0.15) is 7.05 Å². The number of unbranched alkanes of at least 4 members (excludes halogenated alkanes) is 1. The van der Waals surface area contributed by atoms with Crippen LogP contribution in [0.5, 0.6) is 11.5 Å². The second kappa shape index (κ2) is 27.8. The maximum atomic E-state index is 14.4. The van der Waals surface area contributed by atoms with Crippen LogP contribution in [0.2, 0.25) is 0 Å². The Hall–Kier alpha value is -5.94. The number of nitrogens with two attached hydrogens (primary N) is 3. The number of guanidine groups is 1. The van der Waals surface area contributed by atoms with Crippen molar-refractivity contribution < 1.29 is 39.3 Å². The SMILES string of the molecule is CCC(C)C(C=CC(Cc1ccc(O)cc1)C(=O)NC(Cc1ccc(O)cc1)C(=O)NC(CCCCN)C(=O)NC(C)C=CC(CCCN=C(N)N)C(=O)O)NC(=O)C(C)[N-]C. The first-order chi connectivity index (χ1) is 29.5. The average molecular weight is 863 g/mol. The van der Waals surface area contributed by atoms with E-state index in [1.807, 2.05) is 13.8 Å². The lowest BCUT2D eigenvalue weighted by Crippen LogP contribution is -2.55. The van der Waals surface area contributed by atoms with Crippen molar-refractivity contribution in [2.24, 2.45) is 39.9 Å². The highest BCUT2D eigenvalue weighted by Gasteiger charge is 2.30. The molecule has 2 aromatic carbocycles. The van der Waals surface area contributed by atoms with Gasteiger partial charge in [0, 0.05) is 25.0 Å². The van der Waals surface area contributed by atoms with E-state index in [-0.39, 0.29) is 61.5 Å². The molecule has 0 aliphatic heterocycles. The lowest BCUT2D eigenvalue weighted by Gasteiger charge is -2.28. The summed E-state index contributed by atoms with van der Waals surface area (Å²) in [7, 11) is 1.56. The number of likely N-dealkylation sites (N-methyl/N-ethyl adjacent to an activating group) is 1. The van der Waals surface area contributed by atoms with Crippen molar-refractivity contribution in [1.82, 2.24) is 21.3 Å². The maximum absolute atomic E-state index is 14.4. The Bertz CT molecular complexity index is 1800. The number of benzene rings is 2. The molecule has 17 heteroatoms. The molecule has 0 fully saturated rings. The van der Waals surface area contributed by atoms with Gasteiger partial charge in [-0.05, 0) is 93.3 Å². The summed E-state index contributed by atoms with van der Waals surface area (Å²) in [6.45, 7) is 7.99. The van der Waals surface area contributed by atoms with E-state index < -0.39 is 65.7 Å². The molecule has 0 aromatic heterocycles. The average Bonchev–Trinajstić information content (AvgIpc) is 3.23. The zero-order chi connectivity index (χ0) is 46.2. The number of nitrogens with zero attached hydrogens (tertiary/aromatic N) is 2. The van der Waals surface area contributed by atoms with E-state index in [2.05, 4.69) is 31.6 Å². The highest BCUT2D eigenvalue weighted by atomic mass is 16.4. The van der Waals surface area contributed by atoms with Crippen LogP contribution in [0, 0.1) is 17.8 Å². The number of carbonyl (C=O) groups is 5. The van der Waals surface area contributed by atoms with Gasteiger partial charge in [0.15, 0.2) is 5.96 Å². The fraction of sp³-hybridized carbons (Fsp3) is 0.511. The Morgan fingerprint density at radius 2 is 1.26 bits per heavy atom. The molecule has 342 valence electrons. The maximum Gasteiger partial charge on any atom is 0.310 e. The van der Waals surface area contributed by atoms with E-state index in [4.69, 9.17) is 17.2 Å². The Balaban J connectivity index is 2.45. The first-order valence-corrected chi connectivity index (χ1v) is 21.2. The zero-order valence-corrected chi connectivity index (χ0v) is 36.6. The number of rotatable bonds is 28. The lowest BCUT2D eigenvalue weighted by molar-refractivity contribution is -0.140. The summed E-state index contributed by atoms with van der Waals surface area (Å²) in [5.74, 6) is -4.65. The molecule has 0 radical (unpaired) electrons. The van der Waals surface area contributed by atoms with E-state index in [0.717, 1.165) is 12.0 Å². The molecule has 8 unspecified atom stereocenters. The van der Waals surface area contributed by atoms with Crippen molar-refractivity contribution >= 4 is 35.6 Å². The molecule has 2 rings (SSSR count). The number of carbonyl (C=O) groups excluding carboxylic acids is 4. The van der Waals surface area contributed by atoms with E-state index >= 15 is 0 Å². The third-order valence-electron chi connectivity index (χ3n) is 10.5. The quantitative estimate of drug-likeness (QED) is 0.0257. The van der Waals surface area contributed by atoms with Crippen molar-refractivity contribution in [3.8, 4) is 11.5 Å². The van der Waals surface area contributed by atoms with Crippen LogP contribution >= 0.6 is 0 Å². The summed E-state index contributed by atoms with van der Waals surface area (Å²) in [4.78, 5) is 71.1. The standard InChI is InChI=1S/C45H68N9O8/c1-6-28(2)37(52-40(57)30(4)49-5)23-18-34(26-31-13-19-35(55)20-14-31)41(58)54-39(27-32-15-21-36(56)22-16-32)43(60)53-38(11-7-8-24-46)42(59)51-29(3)12-17-33(44(61)62)10-9-25-50-45(47)48/h12-23,28-30,33-34,37-39,55-56H,6-11,24-27,46H2,1-5H3,(H,51,59)(H,52,57)(H,53,60)(H,54,58)(H,61,62)(H4,47,48,50)/q-1. The highest BCUT2D eigenvalue weighted by molar-refractivity contribution is 5.93. The summed E-state index contributed by atoms with van der Waals surface area (Å²) in [5.41, 5.74) is 17.8. The minimum absolute atomic E-state index is 0.00537. The molecule has 8 atom stereocenters. The van der Waals surface area contributed by atoms with Crippen LogP contribution in [0.3, 0.4) is 0 Å². The first kappa shape index (κ1) is 52.2. The van der Waals surface area contributed by atoms with Gasteiger partial charge in [-0.15, -0.1) is 0 Å². The lowest BCUT2D eigenvalue weighted by atomic mass is 9.93. The Kier molecular flexibility index (Phi) is 23.4. The fourth-order valence-corrected chi connectivity index (χ4v) is 6.31. The van der Waals surface area contributed by atoms with Gasteiger partial charge in [0.25, 0.3) is 0 Å². The van der Waals surface area contributed by atoms with E-state index in [1.165, 1.54) is 30.3 Å². The monoisotopic (exact) mass is 863 g/mol. The topological polar surface area (TPSA) is 299 Å². The van der Waals surface area contributed by atoms with Crippen LogP contribution < -0.4 is 38.5 Å². The molecule has 0 spiro atoms. The number of phenols is 2. The van der Waals surface area contributed by atoms with Crippen LogP contribution in [0.15, 0.2) is 77.8 Å². The van der Waals surface area contributed by atoms with Crippen LogP contribution in [-0.4, -0.2) is 101 Å². The van der Waals surface area contributed by atoms with Crippen molar-refractivity contribution in [1.29, 1.82) is 0 Å². The summed E-state index contributed by atoms with van der Waals surface area (Å²) in [5, 5.41) is 45.3. The van der Waals surface area contributed by atoms with Gasteiger partial charge in [-0.3, -0.25) is 29.0 Å². The number of aromatic hydroxyl groups is 2. The van der Waals surface area contributed by atoms with Crippen LogP contribution in [-0.2, 0) is 36.8 Å². The number of nitrogens with one attached hydrogen (secondary N) is 4. The Labute approximate surface area is 365 Å². The molecular weight excluding hydrogens is 795 g/mol. The molecule has 0 heterocycles. The molecule has 0 saturated heterocycles. The molecule has 0 bridgehead atoms. The second-order valence-corrected chi connectivity index (χ2v) is 15.6. The minimum Gasteiger partial charge on any atom is -0.655 e. The second-order valence-electron chi connectivity index (χ2n) is 15.6. The molecular formula is C45H68N9O8-. The number of aliphatic carboxylic acids is 1. The van der Waals surface area contributed by atoms with Crippen molar-refractivity contribution in [2.75, 3.05) is 20.1 Å². The van der Waals surface area contributed by atoms with E-state index in [1.54, 1.807) is 63.4 Å². The summed E-state index contributed by atoms with van der Waals surface area (Å²) >= 11 is 0. The normalized spacial score (nSPS) is 15.3. The number of hydrogen-bond acceptors (Lipinski definition) is 9. The minimum atomic E-state index is -1.18. The van der Waals surface area contributed by atoms with E-state index in [0.29, 0.717) is 31.4 Å². The molecule has 0 aliphatic carbocycles. The predicted octanol–water partition coefficient (Wildman–Crippen LogP) is 2.89. The van der Waals surface area contributed by atoms with Gasteiger partial charge in [0.05, 0.1) is 11.8 Å². The molecule has 62 heavy (non-hydrogen) atoms. The molecule has 17 nitrogen and oxygen atoms in total. The molecule has 0 saturated carbocycles. The number of phenolic OH excluding ortho intramolecular Hbond substituents is 2. The number of aliphatic imine (C=N–C) groups is 1. The third kappa shape index (κ3) is 19.6. The van der Waals surface area contributed by atoms with Crippen molar-refractivity contribution in [2.45, 2.75) is 109 Å². The number of amides is 4. The fourth-order valence-electron chi connectivity index (χ4n) is 6.31. The van der Waals surface area contributed by atoms with Gasteiger partial charge in [0.2, 0.25) is 23.6 Å². The van der Waals surface area contributed by atoms with Gasteiger partial charge in [-0.1, -0.05) is 81.8 Å². The van der Waals surface area contributed by atoms with Crippen LogP contribution in [0.25, 0.3) is 5.32 Å². The van der Waals surface area contributed by atoms with Gasteiger partial charge in [0.1, 0.15) is 23.6 Å². The molecule has 13 N–H and O–H groups in total. The van der Waals surface area contributed by atoms with Gasteiger partial charge < -0.3 is 59.1 Å². The number of carboxylic acid groups (broad SMARTS) is 1. The predicted molar refractivity (Wildman–Crippen MR) is 241 cm³/mol. The van der Waals surface area contributed by atoms with Gasteiger partial charge >= 0.3 is 5.97 Å². The molecule has 0 aliphatic rings. The Morgan fingerprint density at radius 1 is 0.694 bits per heavy atom. The summed E-state index contributed by atoms with van der Waals surface area (Å²) in [6, 6.07) is 8.77. The molecule has 4 amide bonds. The number of carboxylic acids is 1. The van der Waals surface area contributed by atoms with Crippen molar-refractivity contribution in [3.63, 3.8) is 0 Å². The zero-order valence-electron chi connectivity index (χ0n) is 36.6. The smallest absolute Gasteiger partial charge is 0.310 e. The number of hydrogen-bond donors (Lipinski definition) is 10. The van der Waals surface area contributed by atoms with Crippen molar-refractivity contribution in [3.05, 3.63) is 89.3 Å². The third-order valence-corrected chi connectivity index (χ3v) is 10.5. The van der Waals surface area contributed by atoms with Crippen LogP contribution in [0.4, 0.5) is 0 Å². The van der Waals surface area contributed by atoms with Gasteiger partial charge in [-0.25, -0.2) is 0 Å². The van der Waals surface area contributed by atoms with Crippen LogP contribution in [0.1, 0.15) is 77.3 Å². The highest BCUT2D eigenvalue weighted by Crippen LogP contribution is 2.19. The Morgan fingerprint density at radius 3 is 1.81 bits per heavy atom. The largest absolute Gasteiger partial charge is 0.655 e. The summed E-state index contributed by atoms with van der Waals surface area (Å²) in [6.07, 6.45) is 9.50. The first-order valence-electron chi connectivity index (χ1n) is 21.2.